The molecule has 0 spiro atoms. The van der Waals surface area contributed by atoms with Gasteiger partial charge in [0, 0.05) is 84.1 Å². The minimum Gasteiger partial charge on any atom is -0.493 e. The molecule has 0 radical (unpaired) electrons. The average molecular weight is 940 g/mol. The number of rotatable bonds is 16. The van der Waals surface area contributed by atoms with E-state index in [4.69, 9.17) is 4.74 Å². The number of hydrogen-bond donors (Lipinski definition) is 9. The Hall–Kier alpha value is -7.06. The van der Waals surface area contributed by atoms with Crippen LogP contribution in [0.4, 0.5) is 4.79 Å². The average Bonchev–Trinajstić information content (AvgIpc) is 3.64. The zero-order chi connectivity index (χ0) is 48.8. The van der Waals surface area contributed by atoms with Crippen LogP contribution in [-0.2, 0) is 46.5 Å². The number of hydrogen-bond acceptors (Lipinski definition) is 11. The first-order valence-electron chi connectivity index (χ1n) is 22.9. The third kappa shape index (κ3) is 12.5. The van der Waals surface area contributed by atoms with Gasteiger partial charge in [-0.25, -0.2) is 4.79 Å². The summed E-state index contributed by atoms with van der Waals surface area (Å²) in [6.07, 6.45) is -0.928. The molecule has 0 bridgehead atoms. The maximum absolute atomic E-state index is 14.4. The van der Waals surface area contributed by atoms with Gasteiger partial charge in [-0.3, -0.25) is 38.5 Å². The van der Waals surface area contributed by atoms with E-state index >= 15 is 0 Å². The fraction of sp³-hybridized carbons (Fsp3) is 0.458. The maximum atomic E-state index is 14.4. The van der Waals surface area contributed by atoms with E-state index in [2.05, 4.69) is 55.2 Å². The van der Waals surface area contributed by atoms with Crippen molar-refractivity contribution in [1.82, 2.24) is 47.0 Å². The van der Waals surface area contributed by atoms with Crippen molar-refractivity contribution < 1.29 is 53.3 Å². The van der Waals surface area contributed by atoms with E-state index in [1.165, 1.54) is 18.1 Å². The number of ether oxygens (including phenoxy) is 1. The van der Waals surface area contributed by atoms with Crippen molar-refractivity contribution in [2.45, 2.75) is 63.6 Å². The standard InChI is InChI=1S/C48H61N9O11/c1-30(57(47(66)67)26-37-35-12-5-3-10-33(35)34-11-4-6-13-36(34)37)43(62)54-29-48(28-53-41(60)15-20-50-44(63)38(27-58)55-42(61)17-22-52-46(48)65)45(64)51-21-16-40(59)49-19-8-24-68-39-14-7-9-31-25-56(2)23-18-32(31)39/h3-7,9-14,30,37-38,58H,8,15-29H2,1-2H3,(H,49,59)(H,50,63)(H,51,64)(H,52,65)(H,53,60)(H,54,62)(H,55,61)(H,66,67)/t30-,38-,48?/m0/s1. The van der Waals surface area contributed by atoms with E-state index in [1.54, 1.807) is 0 Å². The number of likely N-dealkylation sites (N-methyl/N-ethyl adjacent to an activating group) is 1. The number of carbonyl (C=O) groups is 8. The van der Waals surface area contributed by atoms with Crippen molar-refractivity contribution >= 4 is 47.4 Å². The van der Waals surface area contributed by atoms with Crippen LogP contribution in [0.3, 0.4) is 0 Å². The van der Waals surface area contributed by atoms with Crippen LogP contribution in [0, 0.1) is 5.41 Å². The van der Waals surface area contributed by atoms with Crippen LogP contribution in [0.15, 0.2) is 66.7 Å². The molecule has 68 heavy (non-hydrogen) atoms. The van der Waals surface area contributed by atoms with Crippen molar-refractivity contribution in [2.24, 2.45) is 5.41 Å². The topological polar surface area (TPSA) is 277 Å². The molecule has 20 nitrogen and oxygen atoms in total. The van der Waals surface area contributed by atoms with E-state index in [9.17, 15) is 48.6 Å². The fourth-order valence-corrected chi connectivity index (χ4v) is 8.63. The zero-order valence-electron chi connectivity index (χ0n) is 38.4. The number of aliphatic hydroxyl groups is 1. The van der Waals surface area contributed by atoms with Gasteiger partial charge < -0.3 is 57.1 Å². The number of fused-ring (bicyclic) bond motifs is 4. The molecular formula is C48H61N9O11. The number of nitrogens with one attached hydrogen (secondary N) is 7. The second-order valence-corrected chi connectivity index (χ2v) is 17.2. The number of aliphatic hydroxyl groups excluding tert-OH is 1. The molecule has 364 valence electrons. The summed E-state index contributed by atoms with van der Waals surface area (Å²) < 4.78 is 6.05. The highest BCUT2D eigenvalue weighted by Gasteiger charge is 2.47. The molecule has 0 aromatic heterocycles. The van der Waals surface area contributed by atoms with E-state index in [0.29, 0.717) is 13.0 Å². The molecule has 20 heteroatoms. The zero-order valence-corrected chi connectivity index (χ0v) is 38.4. The molecule has 2 aliphatic heterocycles. The van der Waals surface area contributed by atoms with Crippen molar-refractivity contribution in [3.05, 3.63) is 89.0 Å². The van der Waals surface area contributed by atoms with Crippen molar-refractivity contribution in [2.75, 3.05) is 72.6 Å². The minimum atomic E-state index is -2.31. The van der Waals surface area contributed by atoms with Gasteiger partial charge in [0.25, 0.3) is 0 Å². The highest BCUT2D eigenvalue weighted by molar-refractivity contribution is 6.07. The lowest BCUT2D eigenvalue weighted by molar-refractivity contribution is -0.144. The third-order valence-corrected chi connectivity index (χ3v) is 12.5. The number of benzene rings is 3. The Morgan fingerprint density at radius 2 is 1.54 bits per heavy atom. The molecule has 8 amide bonds. The molecule has 3 atom stereocenters. The molecule has 3 aromatic carbocycles. The molecule has 1 aliphatic carbocycles. The summed E-state index contributed by atoms with van der Waals surface area (Å²) in [6, 6.07) is 18.5. The van der Waals surface area contributed by atoms with Gasteiger partial charge in [-0.05, 0) is 66.3 Å². The Bertz CT molecular complexity index is 2320. The number of amides is 8. The largest absolute Gasteiger partial charge is 0.493 e. The Morgan fingerprint density at radius 1 is 0.853 bits per heavy atom. The molecule has 1 fully saturated rings. The molecule has 6 rings (SSSR count). The van der Waals surface area contributed by atoms with Gasteiger partial charge in [-0.2, -0.15) is 0 Å². The smallest absolute Gasteiger partial charge is 0.408 e. The van der Waals surface area contributed by atoms with E-state index < -0.39 is 90.6 Å². The molecule has 3 aliphatic rings. The second-order valence-electron chi connectivity index (χ2n) is 17.2. The molecule has 9 N–H and O–H groups in total. The normalized spacial score (nSPS) is 19.4. The lowest BCUT2D eigenvalue weighted by Gasteiger charge is -2.33. The summed E-state index contributed by atoms with van der Waals surface area (Å²) in [5.74, 6) is -5.00. The molecule has 1 saturated heterocycles. The monoisotopic (exact) mass is 939 g/mol. The van der Waals surface area contributed by atoms with Crippen LogP contribution in [-0.4, -0.2) is 152 Å². The molecule has 1 unspecified atom stereocenters. The van der Waals surface area contributed by atoms with Crippen molar-refractivity contribution in [1.29, 1.82) is 0 Å². The first-order valence-corrected chi connectivity index (χ1v) is 22.9. The number of carbonyl (C=O) groups excluding carboxylic acids is 7. The highest BCUT2D eigenvalue weighted by atomic mass is 16.5. The summed E-state index contributed by atoms with van der Waals surface area (Å²) in [7, 11) is 2.07. The molecular weight excluding hydrogens is 879 g/mol. The van der Waals surface area contributed by atoms with Gasteiger partial charge in [0.15, 0.2) is 5.41 Å². The summed E-state index contributed by atoms with van der Waals surface area (Å²) in [6.45, 7) is 0.665. The predicted molar refractivity (Wildman–Crippen MR) is 248 cm³/mol. The summed E-state index contributed by atoms with van der Waals surface area (Å²) in [5.41, 5.74) is 3.78. The van der Waals surface area contributed by atoms with E-state index in [-0.39, 0.29) is 52.0 Å². The Morgan fingerprint density at radius 3 is 2.25 bits per heavy atom. The Balaban J connectivity index is 1.13. The van der Waals surface area contributed by atoms with Crippen LogP contribution >= 0.6 is 0 Å². The second kappa shape index (κ2) is 23.6. The first kappa shape index (κ1) is 50.4. The first-order chi connectivity index (χ1) is 32.7. The van der Waals surface area contributed by atoms with Gasteiger partial charge in [0.05, 0.1) is 13.2 Å². The minimum absolute atomic E-state index is 0.0995. The molecule has 0 saturated carbocycles. The lowest BCUT2D eigenvalue weighted by Crippen LogP contribution is -2.63. The Labute approximate surface area is 394 Å². The van der Waals surface area contributed by atoms with Crippen LogP contribution in [0.25, 0.3) is 11.1 Å². The lowest BCUT2D eigenvalue weighted by atomic mass is 9.84. The van der Waals surface area contributed by atoms with E-state index in [1.807, 2.05) is 60.7 Å². The van der Waals surface area contributed by atoms with Crippen LogP contribution in [0.2, 0.25) is 0 Å². The molecule has 3 aromatic rings. The fourth-order valence-electron chi connectivity index (χ4n) is 8.63. The predicted octanol–water partition coefficient (Wildman–Crippen LogP) is -0.0310. The third-order valence-electron chi connectivity index (χ3n) is 12.5. The van der Waals surface area contributed by atoms with Gasteiger partial charge in [0.1, 0.15) is 17.8 Å². The van der Waals surface area contributed by atoms with E-state index in [0.717, 1.165) is 52.4 Å². The van der Waals surface area contributed by atoms with Gasteiger partial charge >= 0.3 is 6.09 Å². The van der Waals surface area contributed by atoms with Crippen molar-refractivity contribution in [3.63, 3.8) is 0 Å². The van der Waals surface area contributed by atoms with Gasteiger partial charge in [-0.15, -0.1) is 0 Å². The Kier molecular flexibility index (Phi) is 17.5. The summed E-state index contributed by atoms with van der Waals surface area (Å²) >= 11 is 0. The van der Waals surface area contributed by atoms with Crippen LogP contribution in [0.1, 0.15) is 60.8 Å². The van der Waals surface area contributed by atoms with Crippen LogP contribution < -0.4 is 42.0 Å². The highest BCUT2D eigenvalue weighted by Crippen LogP contribution is 2.45. The number of nitrogens with zero attached hydrogens (tertiary/aromatic N) is 2. The van der Waals surface area contributed by atoms with Gasteiger partial charge in [0.2, 0.25) is 41.4 Å². The number of carboxylic acid groups (broad SMARTS) is 1. The molecule has 2 heterocycles. The van der Waals surface area contributed by atoms with Gasteiger partial charge in [-0.1, -0.05) is 60.7 Å². The quantitative estimate of drug-likeness (QED) is 0.0677. The van der Waals surface area contributed by atoms with Crippen LogP contribution in [0.5, 0.6) is 5.75 Å². The SMILES string of the molecule is C[C@@H](C(=O)NCC1(C(=O)NCCC(=O)NCCCOc2cccc3c2CCN(C)C3)CNC(=O)CCNC(=O)[C@H](CO)NC(=O)CCNC1=O)N(CC1c2ccccc2-c2ccccc21)C(=O)O. The van der Waals surface area contributed by atoms with Crippen molar-refractivity contribution in [3.8, 4) is 16.9 Å². The summed E-state index contributed by atoms with van der Waals surface area (Å²) in [4.78, 5) is 110. The maximum Gasteiger partial charge on any atom is 0.408 e. The summed E-state index contributed by atoms with van der Waals surface area (Å²) in [5, 5.41) is 38.0.